The quantitative estimate of drug-likeness (QED) is 0.794. The molecule has 4 rings (SSSR count). The van der Waals surface area contributed by atoms with Gasteiger partial charge in [0.05, 0.1) is 5.52 Å². The lowest BCUT2D eigenvalue weighted by Gasteiger charge is -2.23. The number of nitrogens with one attached hydrogen (secondary N) is 1. The van der Waals surface area contributed by atoms with Gasteiger partial charge in [-0.1, -0.05) is 18.2 Å². The van der Waals surface area contributed by atoms with Crippen molar-refractivity contribution in [2.45, 2.75) is 6.42 Å². The SMILES string of the molecule is CN1CCCN(c2ccnc(Nc3ccc4ccccc4n3)c2)CC1. The molecule has 0 saturated carbocycles. The van der Waals surface area contributed by atoms with Crippen LogP contribution in [0.2, 0.25) is 0 Å². The molecule has 128 valence electrons. The molecule has 1 aromatic carbocycles. The molecule has 1 aliphatic rings. The number of para-hydroxylation sites is 1. The van der Waals surface area contributed by atoms with Crippen molar-refractivity contribution in [1.82, 2.24) is 14.9 Å². The second kappa shape index (κ2) is 7.07. The van der Waals surface area contributed by atoms with Crippen LogP contribution in [0.3, 0.4) is 0 Å². The third-order valence-electron chi connectivity index (χ3n) is 4.68. The molecule has 0 atom stereocenters. The lowest BCUT2D eigenvalue weighted by atomic mass is 10.2. The van der Waals surface area contributed by atoms with Crippen molar-refractivity contribution in [1.29, 1.82) is 0 Å². The molecular formula is C20H23N5. The number of hydrogen-bond donors (Lipinski definition) is 1. The van der Waals surface area contributed by atoms with Gasteiger partial charge in [-0.05, 0) is 44.3 Å². The highest BCUT2D eigenvalue weighted by molar-refractivity contribution is 5.80. The highest BCUT2D eigenvalue weighted by Crippen LogP contribution is 2.22. The Bertz CT molecular complexity index is 863. The Morgan fingerprint density at radius 2 is 1.84 bits per heavy atom. The molecule has 5 heteroatoms. The predicted molar refractivity (Wildman–Crippen MR) is 104 cm³/mol. The molecule has 25 heavy (non-hydrogen) atoms. The smallest absolute Gasteiger partial charge is 0.133 e. The molecule has 1 fully saturated rings. The normalized spacial score (nSPS) is 16.0. The van der Waals surface area contributed by atoms with E-state index in [1.807, 2.05) is 30.5 Å². The molecule has 2 aromatic heterocycles. The van der Waals surface area contributed by atoms with Gasteiger partial charge in [0.25, 0.3) is 0 Å². The summed E-state index contributed by atoms with van der Waals surface area (Å²) in [5.74, 6) is 1.65. The topological polar surface area (TPSA) is 44.3 Å². The van der Waals surface area contributed by atoms with Gasteiger partial charge in [-0.25, -0.2) is 9.97 Å². The van der Waals surface area contributed by atoms with Crippen molar-refractivity contribution < 1.29 is 0 Å². The predicted octanol–water partition coefficient (Wildman–Crippen LogP) is 3.52. The molecule has 1 aliphatic heterocycles. The summed E-state index contributed by atoms with van der Waals surface area (Å²) in [4.78, 5) is 13.9. The zero-order valence-electron chi connectivity index (χ0n) is 14.5. The summed E-state index contributed by atoms with van der Waals surface area (Å²) in [7, 11) is 2.19. The summed E-state index contributed by atoms with van der Waals surface area (Å²) in [6.07, 6.45) is 3.06. The Labute approximate surface area is 148 Å². The van der Waals surface area contributed by atoms with Crippen molar-refractivity contribution in [3.8, 4) is 0 Å². The minimum atomic E-state index is 0.818. The van der Waals surface area contributed by atoms with Crippen LogP contribution < -0.4 is 10.2 Å². The molecule has 0 unspecified atom stereocenters. The Balaban J connectivity index is 1.54. The Morgan fingerprint density at radius 1 is 0.920 bits per heavy atom. The lowest BCUT2D eigenvalue weighted by molar-refractivity contribution is 0.360. The van der Waals surface area contributed by atoms with E-state index in [9.17, 15) is 0 Å². The highest BCUT2D eigenvalue weighted by Gasteiger charge is 2.13. The number of likely N-dealkylation sites (N-methyl/N-ethyl adjacent to an activating group) is 1. The molecule has 0 amide bonds. The van der Waals surface area contributed by atoms with Crippen LogP contribution in [0.4, 0.5) is 17.3 Å². The summed E-state index contributed by atoms with van der Waals surface area (Å²) in [5.41, 5.74) is 2.20. The molecule has 0 spiro atoms. The summed E-state index contributed by atoms with van der Waals surface area (Å²) in [6.45, 7) is 4.39. The van der Waals surface area contributed by atoms with Crippen molar-refractivity contribution in [2.75, 3.05) is 43.4 Å². The van der Waals surface area contributed by atoms with Gasteiger partial charge in [-0.15, -0.1) is 0 Å². The van der Waals surface area contributed by atoms with Gasteiger partial charge < -0.3 is 15.1 Å². The van der Waals surface area contributed by atoms with Crippen LogP contribution >= 0.6 is 0 Å². The largest absolute Gasteiger partial charge is 0.370 e. The Morgan fingerprint density at radius 3 is 2.80 bits per heavy atom. The minimum absolute atomic E-state index is 0.818. The molecule has 5 nitrogen and oxygen atoms in total. The summed E-state index contributed by atoms with van der Waals surface area (Å²) in [6, 6.07) is 16.4. The summed E-state index contributed by atoms with van der Waals surface area (Å²) < 4.78 is 0. The van der Waals surface area contributed by atoms with Crippen molar-refractivity contribution in [2.24, 2.45) is 0 Å². The van der Waals surface area contributed by atoms with E-state index in [0.717, 1.165) is 48.7 Å². The first kappa shape index (κ1) is 15.8. The fourth-order valence-electron chi connectivity index (χ4n) is 3.26. The third-order valence-corrected chi connectivity index (χ3v) is 4.68. The second-order valence-electron chi connectivity index (χ2n) is 6.56. The van der Waals surface area contributed by atoms with Gasteiger partial charge >= 0.3 is 0 Å². The van der Waals surface area contributed by atoms with Crippen LogP contribution in [0.5, 0.6) is 0 Å². The van der Waals surface area contributed by atoms with Gasteiger partial charge in [0.15, 0.2) is 0 Å². The van der Waals surface area contributed by atoms with E-state index in [2.05, 4.69) is 56.4 Å². The van der Waals surface area contributed by atoms with Crippen molar-refractivity contribution in [3.63, 3.8) is 0 Å². The monoisotopic (exact) mass is 333 g/mol. The van der Waals surface area contributed by atoms with Crippen LogP contribution in [-0.2, 0) is 0 Å². The summed E-state index contributed by atoms with van der Waals surface area (Å²) >= 11 is 0. The third kappa shape index (κ3) is 3.72. The van der Waals surface area contributed by atoms with Gasteiger partial charge in [0.1, 0.15) is 11.6 Å². The van der Waals surface area contributed by atoms with Crippen molar-refractivity contribution in [3.05, 3.63) is 54.7 Å². The van der Waals surface area contributed by atoms with Crippen LogP contribution in [0, 0.1) is 0 Å². The number of anilines is 3. The van der Waals surface area contributed by atoms with Crippen molar-refractivity contribution >= 4 is 28.2 Å². The maximum absolute atomic E-state index is 4.67. The average Bonchev–Trinajstić information content (AvgIpc) is 2.86. The van der Waals surface area contributed by atoms with Gasteiger partial charge in [0, 0.05) is 43.0 Å². The summed E-state index contributed by atoms with van der Waals surface area (Å²) in [5, 5.41) is 4.48. The fraction of sp³-hybridized carbons (Fsp3) is 0.300. The van der Waals surface area contributed by atoms with E-state index in [1.165, 1.54) is 12.1 Å². The van der Waals surface area contributed by atoms with E-state index in [1.54, 1.807) is 0 Å². The first-order valence-corrected chi connectivity index (χ1v) is 8.80. The number of hydrogen-bond acceptors (Lipinski definition) is 5. The number of pyridine rings is 2. The lowest BCUT2D eigenvalue weighted by Crippen LogP contribution is -2.28. The number of benzene rings is 1. The second-order valence-corrected chi connectivity index (χ2v) is 6.56. The van der Waals surface area contributed by atoms with E-state index in [4.69, 9.17) is 0 Å². The van der Waals surface area contributed by atoms with E-state index in [0.29, 0.717) is 0 Å². The highest BCUT2D eigenvalue weighted by atomic mass is 15.2. The molecule has 0 aliphatic carbocycles. The molecule has 0 radical (unpaired) electrons. The average molecular weight is 333 g/mol. The van der Waals surface area contributed by atoms with Crippen LogP contribution in [-0.4, -0.2) is 48.1 Å². The van der Waals surface area contributed by atoms with Crippen LogP contribution in [0.1, 0.15) is 6.42 Å². The minimum Gasteiger partial charge on any atom is -0.370 e. The molecular weight excluding hydrogens is 310 g/mol. The standard InChI is InChI=1S/C20H23N5/c1-24-11-4-12-25(14-13-24)17-9-10-21-20(15-17)23-19-8-7-16-5-2-3-6-18(16)22-19/h2-3,5-10,15H,4,11-14H2,1H3,(H,21,22,23). The first-order chi connectivity index (χ1) is 12.3. The van der Waals surface area contributed by atoms with Crippen LogP contribution in [0.15, 0.2) is 54.7 Å². The van der Waals surface area contributed by atoms with Gasteiger partial charge in [-0.2, -0.15) is 0 Å². The Kier molecular flexibility index (Phi) is 4.48. The number of fused-ring (bicyclic) bond motifs is 1. The molecule has 1 saturated heterocycles. The maximum Gasteiger partial charge on any atom is 0.133 e. The number of aromatic nitrogens is 2. The first-order valence-electron chi connectivity index (χ1n) is 8.80. The fourth-order valence-corrected chi connectivity index (χ4v) is 3.26. The molecule has 0 bridgehead atoms. The zero-order chi connectivity index (χ0) is 17.1. The van der Waals surface area contributed by atoms with E-state index >= 15 is 0 Å². The van der Waals surface area contributed by atoms with Crippen LogP contribution in [0.25, 0.3) is 10.9 Å². The molecule has 1 N–H and O–H groups in total. The van der Waals surface area contributed by atoms with E-state index in [-0.39, 0.29) is 0 Å². The zero-order valence-corrected chi connectivity index (χ0v) is 14.5. The number of nitrogens with zero attached hydrogens (tertiary/aromatic N) is 4. The van der Waals surface area contributed by atoms with Gasteiger partial charge in [0.2, 0.25) is 0 Å². The molecule has 3 aromatic rings. The molecule has 3 heterocycles. The number of rotatable bonds is 3. The van der Waals surface area contributed by atoms with Gasteiger partial charge in [-0.3, -0.25) is 0 Å². The maximum atomic E-state index is 4.67. The van der Waals surface area contributed by atoms with E-state index < -0.39 is 0 Å². The Hall–Kier alpha value is -2.66.